The lowest BCUT2D eigenvalue weighted by Crippen LogP contribution is -2.29. The van der Waals surface area contributed by atoms with Crippen molar-refractivity contribution >= 4 is 17.4 Å². The minimum atomic E-state index is -0.877. The van der Waals surface area contributed by atoms with Crippen LogP contribution in [0.3, 0.4) is 0 Å². The number of amides is 1. The highest BCUT2D eigenvalue weighted by Gasteiger charge is 2.46. The van der Waals surface area contributed by atoms with E-state index in [1.807, 2.05) is 0 Å². The highest BCUT2D eigenvalue weighted by atomic mass is 19.1. The second kappa shape index (κ2) is 7.35. The van der Waals surface area contributed by atoms with Gasteiger partial charge in [0.05, 0.1) is 24.4 Å². The SMILES string of the molecule is Cc1ccc(C(O)=C2C(=O)C(=O)N(Cc3ccco3)[C@H]2c2cccnc2)cc1F. The summed E-state index contributed by atoms with van der Waals surface area (Å²) in [6.07, 6.45) is 4.56. The summed E-state index contributed by atoms with van der Waals surface area (Å²) in [5.74, 6) is -2.08. The molecule has 4 rings (SSSR count). The molecule has 7 heteroatoms. The van der Waals surface area contributed by atoms with E-state index in [2.05, 4.69) is 4.98 Å². The van der Waals surface area contributed by atoms with Gasteiger partial charge in [-0.25, -0.2) is 4.39 Å². The van der Waals surface area contributed by atoms with E-state index in [-0.39, 0.29) is 17.7 Å². The summed E-state index contributed by atoms with van der Waals surface area (Å²) in [5, 5.41) is 10.9. The van der Waals surface area contributed by atoms with Gasteiger partial charge in [-0.15, -0.1) is 0 Å². The fourth-order valence-electron chi connectivity index (χ4n) is 3.39. The number of carbonyl (C=O) groups excluding carboxylic acids is 2. The molecule has 0 radical (unpaired) electrons. The quantitative estimate of drug-likeness (QED) is 0.415. The Bertz CT molecular complexity index is 1110. The molecule has 1 aliphatic rings. The Morgan fingerprint density at radius 3 is 2.72 bits per heavy atom. The van der Waals surface area contributed by atoms with Gasteiger partial charge in [0.2, 0.25) is 0 Å². The van der Waals surface area contributed by atoms with Crippen LogP contribution in [-0.2, 0) is 16.1 Å². The molecule has 1 aromatic carbocycles. The first-order valence-electron chi connectivity index (χ1n) is 8.94. The molecule has 146 valence electrons. The minimum Gasteiger partial charge on any atom is -0.507 e. The molecule has 0 bridgehead atoms. The number of nitrogens with zero attached hydrogens (tertiary/aromatic N) is 2. The van der Waals surface area contributed by atoms with Gasteiger partial charge in [-0.05, 0) is 42.3 Å². The Kier molecular flexibility index (Phi) is 4.72. The number of benzene rings is 1. The highest BCUT2D eigenvalue weighted by molar-refractivity contribution is 6.46. The number of carbonyl (C=O) groups is 2. The Balaban J connectivity index is 1.87. The van der Waals surface area contributed by atoms with Crippen LogP contribution in [-0.4, -0.2) is 26.7 Å². The van der Waals surface area contributed by atoms with E-state index >= 15 is 0 Å². The molecule has 6 nitrogen and oxygen atoms in total. The number of Topliss-reactive ketones (excluding diaryl/α,β-unsaturated/α-hetero) is 1. The predicted molar refractivity (Wildman–Crippen MR) is 102 cm³/mol. The van der Waals surface area contributed by atoms with Gasteiger partial charge in [-0.2, -0.15) is 0 Å². The van der Waals surface area contributed by atoms with Gasteiger partial charge in [0.25, 0.3) is 11.7 Å². The van der Waals surface area contributed by atoms with E-state index in [0.29, 0.717) is 16.9 Å². The highest BCUT2D eigenvalue weighted by Crippen LogP contribution is 2.40. The average Bonchev–Trinajstić information content (AvgIpc) is 3.32. The smallest absolute Gasteiger partial charge is 0.296 e. The Labute approximate surface area is 165 Å². The number of halogens is 1. The van der Waals surface area contributed by atoms with Crippen molar-refractivity contribution in [2.45, 2.75) is 19.5 Å². The number of aliphatic hydroxyl groups excluding tert-OH is 1. The third kappa shape index (κ3) is 3.31. The van der Waals surface area contributed by atoms with E-state index < -0.39 is 29.3 Å². The molecule has 1 fully saturated rings. The molecule has 3 aromatic rings. The standard InChI is InChI=1S/C22H17FN2O4/c1-13-6-7-14(10-17(13)23)20(26)18-19(15-4-2-8-24-11-15)25(22(28)21(18)27)12-16-5-3-9-29-16/h2-11,19,26H,12H2,1H3/t19-/m0/s1. The van der Waals surface area contributed by atoms with Crippen LogP contribution in [0.15, 0.2) is 71.1 Å². The largest absolute Gasteiger partial charge is 0.507 e. The fraction of sp³-hybridized carbons (Fsp3) is 0.136. The summed E-state index contributed by atoms with van der Waals surface area (Å²) in [6.45, 7) is 1.63. The fourth-order valence-corrected chi connectivity index (χ4v) is 3.39. The number of hydrogen-bond acceptors (Lipinski definition) is 5. The van der Waals surface area contributed by atoms with E-state index in [9.17, 15) is 19.1 Å². The van der Waals surface area contributed by atoms with Crippen LogP contribution in [0.2, 0.25) is 0 Å². The lowest BCUT2D eigenvalue weighted by Gasteiger charge is -2.24. The van der Waals surface area contributed by atoms with Crippen molar-refractivity contribution in [3.63, 3.8) is 0 Å². The molecule has 1 atom stereocenters. The van der Waals surface area contributed by atoms with E-state index in [0.717, 1.165) is 6.07 Å². The summed E-state index contributed by atoms with van der Waals surface area (Å²) in [4.78, 5) is 31.0. The number of likely N-dealkylation sites (tertiary alicyclic amines) is 1. The molecule has 1 saturated heterocycles. The lowest BCUT2D eigenvalue weighted by molar-refractivity contribution is -0.140. The van der Waals surface area contributed by atoms with Gasteiger partial charge in [0.15, 0.2) is 0 Å². The molecule has 1 amide bonds. The zero-order valence-corrected chi connectivity index (χ0v) is 15.5. The number of rotatable bonds is 4. The van der Waals surface area contributed by atoms with Gasteiger partial charge in [-0.1, -0.05) is 18.2 Å². The maximum atomic E-state index is 14.0. The van der Waals surface area contributed by atoms with Crippen LogP contribution in [0.4, 0.5) is 4.39 Å². The van der Waals surface area contributed by atoms with E-state index in [1.165, 1.54) is 29.5 Å². The number of aryl methyl sites for hydroxylation is 1. The van der Waals surface area contributed by atoms with Gasteiger partial charge in [0.1, 0.15) is 17.3 Å². The first kappa shape index (κ1) is 18.6. The third-order valence-corrected chi connectivity index (χ3v) is 4.89. The molecule has 0 unspecified atom stereocenters. The van der Waals surface area contributed by atoms with Crippen molar-refractivity contribution in [3.8, 4) is 0 Å². The molecular weight excluding hydrogens is 375 g/mol. The first-order chi connectivity index (χ1) is 14.0. The molecule has 0 saturated carbocycles. The Hall–Kier alpha value is -3.74. The van der Waals surface area contributed by atoms with Gasteiger partial charge < -0.3 is 14.4 Å². The first-order valence-corrected chi connectivity index (χ1v) is 8.94. The van der Waals surface area contributed by atoms with Crippen LogP contribution >= 0.6 is 0 Å². The number of aliphatic hydroxyl groups is 1. The molecule has 0 aliphatic carbocycles. The molecule has 0 spiro atoms. The molecular formula is C22H17FN2O4. The maximum Gasteiger partial charge on any atom is 0.296 e. The van der Waals surface area contributed by atoms with Crippen molar-refractivity contribution in [1.29, 1.82) is 0 Å². The minimum absolute atomic E-state index is 0.0379. The van der Waals surface area contributed by atoms with Crippen molar-refractivity contribution in [2.75, 3.05) is 0 Å². The second-order valence-corrected chi connectivity index (χ2v) is 6.76. The number of pyridine rings is 1. The van der Waals surface area contributed by atoms with Crippen LogP contribution in [0.25, 0.3) is 5.76 Å². The second-order valence-electron chi connectivity index (χ2n) is 6.76. The van der Waals surface area contributed by atoms with E-state index in [4.69, 9.17) is 4.42 Å². The molecule has 3 heterocycles. The van der Waals surface area contributed by atoms with Crippen molar-refractivity contribution in [1.82, 2.24) is 9.88 Å². The van der Waals surface area contributed by atoms with Crippen molar-refractivity contribution in [2.24, 2.45) is 0 Å². The van der Waals surface area contributed by atoms with Gasteiger partial charge >= 0.3 is 0 Å². The lowest BCUT2D eigenvalue weighted by atomic mass is 9.96. The average molecular weight is 392 g/mol. The van der Waals surface area contributed by atoms with Crippen molar-refractivity contribution in [3.05, 3.63) is 95.0 Å². The van der Waals surface area contributed by atoms with Gasteiger partial charge in [0, 0.05) is 18.0 Å². The number of furan rings is 1. The molecule has 1 N–H and O–H groups in total. The predicted octanol–water partition coefficient (Wildman–Crippen LogP) is 3.74. The van der Waals surface area contributed by atoms with Crippen LogP contribution in [0.1, 0.15) is 28.5 Å². The Morgan fingerprint density at radius 2 is 2.07 bits per heavy atom. The molecule has 2 aromatic heterocycles. The summed E-state index contributed by atoms with van der Waals surface area (Å²) in [6, 6.07) is 10.0. The zero-order chi connectivity index (χ0) is 20.5. The summed E-state index contributed by atoms with van der Waals surface area (Å²) in [7, 11) is 0. The number of hydrogen-bond donors (Lipinski definition) is 1. The van der Waals surface area contributed by atoms with Crippen molar-refractivity contribution < 1.29 is 23.5 Å². The van der Waals surface area contributed by atoms with Crippen LogP contribution in [0, 0.1) is 12.7 Å². The molecule has 1 aliphatic heterocycles. The number of ketones is 1. The topological polar surface area (TPSA) is 83.6 Å². The van der Waals surface area contributed by atoms with E-state index in [1.54, 1.807) is 37.4 Å². The molecule has 29 heavy (non-hydrogen) atoms. The van der Waals surface area contributed by atoms with Gasteiger partial charge in [-0.3, -0.25) is 14.6 Å². The summed E-state index contributed by atoms with van der Waals surface area (Å²) >= 11 is 0. The Morgan fingerprint density at radius 1 is 1.24 bits per heavy atom. The summed E-state index contributed by atoms with van der Waals surface area (Å²) in [5.41, 5.74) is 0.965. The zero-order valence-electron chi connectivity index (χ0n) is 15.5. The van der Waals surface area contributed by atoms with Crippen LogP contribution < -0.4 is 0 Å². The summed E-state index contributed by atoms with van der Waals surface area (Å²) < 4.78 is 19.4. The number of aromatic nitrogens is 1. The monoisotopic (exact) mass is 392 g/mol. The van der Waals surface area contributed by atoms with Crippen LogP contribution in [0.5, 0.6) is 0 Å². The maximum absolute atomic E-state index is 14.0. The normalized spacial score (nSPS) is 18.4. The third-order valence-electron chi connectivity index (χ3n) is 4.89.